The van der Waals surface area contributed by atoms with Crippen molar-refractivity contribution >= 4 is 71.6 Å². The van der Waals surface area contributed by atoms with E-state index in [4.69, 9.17) is 4.42 Å². The van der Waals surface area contributed by atoms with Crippen LogP contribution in [0.25, 0.3) is 105 Å². The molecule has 67 heavy (non-hydrogen) atoms. The molecule has 11 aromatic carbocycles. The summed E-state index contributed by atoms with van der Waals surface area (Å²) in [5.74, 6) is 0. The summed E-state index contributed by atoms with van der Waals surface area (Å²) in [7, 11) is 0. The lowest BCUT2D eigenvalue weighted by Crippen LogP contribution is -2.11. The first-order chi connectivity index (χ1) is 33.2. The number of aromatic nitrogens is 1. The minimum atomic E-state index is 0.899. The smallest absolute Gasteiger partial charge is 0.135 e. The molecule has 2 heterocycles. The van der Waals surface area contributed by atoms with Crippen LogP contribution in [-0.4, -0.2) is 4.57 Å². The van der Waals surface area contributed by atoms with E-state index in [1.54, 1.807) is 0 Å². The summed E-state index contributed by atoms with van der Waals surface area (Å²) in [6, 6.07) is 92.0. The first-order valence-electron chi connectivity index (χ1n) is 22.9. The van der Waals surface area contributed by atoms with Crippen LogP contribution in [0.4, 0.5) is 17.1 Å². The Labute approximate surface area is 388 Å². The molecule has 13 rings (SSSR count). The van der Waals surface area contributed by atoms with Gasteiger partial charge in [0.15, 0.2) is 0 Å². The molecule has 2 aromatic heterocycles. The molecule has 3 heteroatoms. The SMILES string of the molecule is c1ccc(-c2cccc3cccc(-c4ccccc4N(c4ccc(-c5ccc6oc7ccccc7c6c5)cc4)c4ccc(-c5ccc6c(c5)c5ccccc5n6-c5ccccc5)cc4)c23)cc1. The fourth-order valence-electron chi connectivity index (χ4n) is 10.3. The molecule has 0 aliphatic heterocycles. The molecule has 3 nitrogen and oxygen atoms in total. The van der Waals surface area contributed by atoms with Crippen molar-refractivity contribution < 1.29 is 4.42 Å². The predicted octanol–water partition coefficient (Wildman–Crippen LogP) is 18.0. The van der Waals surface area contributed by atoms with Gasteiger partial charge in [-0.1, -0.05) is 176 Å². The van der Waals surface area contributed by atoms with Gasteiger partial charge in [-0.2, -0.15) is 0 Å². The van der Waals surface area contributed by atoms with Gasteiger partial charge in [0, 0.05) is 44.2 Å². The van der Waals surface area contributed by atoms with Crippen LogP contribution in [0, 0.1) is 0 Å². The van der Waals surface area contributed by atoms with E-state index in [9.17, 15) is 0 Å². The third-order valence-corrected chi connectivity index (χ3v) is 13.4. The van der Waals surface area contributed by atoms with Crippen LogP contribution in [0.15, 0.2) is 259 Å². The second-order valence-corrected chi connectivity index (χ2v) is 17.3. The standard InChI is InChI=1S/C64H42N2O/c1-3-15-45(16-4-1)52-24-13-17-46-18-14-25-56(64(46)52)53-21-7-10-26-59(53)65(51-37-31-44(32-38-51)48-34-40-63-58(42-48)55-23-9-12-28-62(55)67-63)50-35-29-43(30-36-50)47-33-39-61-57(41-47)54-22-8-11-27-60(54)66(61)49-19-5-2-6-20-49/h1-42H. The zero-order valence-electron chi connectivity index (χ0n) is 36.6. The molecule has 0 bridgehead atoms. The Morgan fingerprint density at radius 2 is 0.851 bits per heavy atom. The monoisotopic (exact) mass is 854 g/mol. The number of benzene rings is 11. The molecule has 0 N–H and O–H groups in total. The highest BCUT2D eigenvalue weighted by atomic mass is 16.3. The fraction of sp³-hybridized carbons (Fsp3) is 0. The van der Waals surface area contributed by atoms with Crippen molar-refractivity contribution in [3.05, 3.63) is 255 Å². The van der Waals surface area contributed by atoms with Gasteiger partial charge in [-0.25, -0.2) is 0 Å². The molecule has 0 atom stereocenters. The molecule has 0 radical (unpaired) electrons. The average Bonchev–Trinajstić information content (AvgIpc) is 3.95. The lowest BCUT2D eigenvalue weighted by molar-refractivity contribution is 0.669. The maximum atomic E-state index is 6.18. The third kappa shape index (κ3) is 6.59. The molecule has 0 unspecified atom stereocenters. The number of rotatable bonds is 8. The van der Waals surface area contributed by atoms with Crippen molar-refractivity contribution in [2.45, 2.75) is 0 Å². The number of anilines is 3. The van der Waals surface area contributed by atoms with E-state index >= 15 is 0 Å². The van der Waals surface area contributed by atoms with Crippen molar-refractivity contribution in [2.75, 3.05) is 4.90 Å². The summed E-state index contributed by atoms with van der Waals surface area (Å²) in [6.07, 6.45) is 0. The highest BCUT2D eigenvalue weighted by molar-refractivity contribution is 6.11. The van der Waals surface area contributed by atoms with Crippen molar-refractivity contribution in [3.8, 4) is 50.2 Å². The Balaban J connectivity index is 0.950. The van der Waals surface area contributed by atoms with Crippen LogP contribution >= 0.6 is 0 Å². The minimum absolute atomic E-state index is 0.899. The highest BCUT2D eigenvalue weighted by Crippen LogP contribution is 2.46. The van der Waals surface area contributed by atoms with E-state index in [1.165, 1.54) is 54.8 Å². The molecule has 0 amide bonds. The quantitative estimate of drug-likeness (QED) is 0.152. The van der Waals surface area contributed by atoms with Gasteiger partial charge in [0.25, 0.3) is 0 Å². The number of nitrogens with zero attached hydrogens (tertiary/aromatic N) is 2. The molecule has 0 aliphatic carbocycles. The number of hydrogen-bond acceptors (Lipinski definition) is 2. The molecule has 0 aliphatic rings. The Morgan fingerprint density at radius 3 is 1.60 bits per heavy atom. The van der Waals surface area contributed by atoms with E-state index in [0.717, 1.165) is 66.9 Å². The van der Waals surface area contributed by atoms with Gasteiger partial charge in [0.2, 0.25) is 0 Å². The molecule has 0 saturated heterocycles. The van der Waals surface area contributed by atoms with E-state index in [0.29, 0.717) is 0 Å². The van der Waals surface area contributed by atoms with Gasteiger partial charge in [-0.3, -0.25) is 0 Å². The number of fused-ring (bicyclic) bond motifs is 7. The van der Waals surface area contributed by atoms with E-state index in [1.807, 2.05) is 12.1 Å². The molecule has 13 aromatic rings. The first kappa shape index (κ1) is 38.5. The summed E-state index contributed by atoms with van der Waals surface area (Å²) in [5.41, 5.74) is 18.0. The second-order valence-electron chi connectivity index (χ2n) is 17.3. The normalized spacial score (nSPS) is 11.6. The van der Waals surface area contributed by atoms with Gasteiger partial charge < -0.3 is 13.9 Å². The summed E-state index contributed by atoms with van der Waals surface area (Å²) in [6.45, 7) is 0. The summed E-state index contributed by atoms with van der Waals surface area (Å²) < 4.78 is 8.55. The maximum absolute atomic E-state index is 6.18. The minimum Gasteiger partial charge on any atom is -0.456 e. The zero-order chi connectivity index (χ0) is 44.3. The van der Waals surface area contributed by atoms with Gasteiger partial charge in [0.1, 0.15) is 11.2 Å². The van der Waals surface area contributed by atoms with Gasteiger partial charge in [-0.05, 0) is 129 Å². The van der Waals surface area contributed by atoms with Crippen LogP contribution in [0.1, 0.15) is 0 Å². The Hall–Kier alpha value is -8.92. The van der Waals surface area contributed by atoms with Crippen LogP contribution in [0.5, 0.6) is 0 Å². The van der Waals surface area contributed by atoms with Gasteiger partial charge in [0.05, 0.1) is 16.7 Å². The van der Waals surface area contributed by atoms with Crippen LogP contribution in [0.3, 0.4) is 0 Å². The summed E-state index contributed by atoms with van der Waals surface area (Å²) in [5, 5.41) is 7.18. The van der Waals surface area contributed by atoms with Gasteiger partial charge in [-0.15, -0.1) is 0 Å². The fourth-order valence-corrected chi connectivity index (χ4v) is 10.3. The van der Waals surface area contributed by atoms with Crippen molar-refractivity contribution in [1.29, 1.82) is 0 Å². The predicted molar refractivity (Wildman–Crippen MR) is 282 cm³/mol. The maximum Gasteiger partial charge on any atom is 0.135 e. The lowest BCUT2D eigenvalue weighted by atomic mass is 9.90. The average molecular weight is 855 g/mol. The second kappa shape index (κ2) is 16.0. The van der Waals surface area contributed by atoms with Crippen molar-refractivity contribution in [3.63, 3.8) is 0 Å². The summed E-state index contributed by atoms with van der Waals surface area (Å²) in [4.78, 5) is 2.41. The van der Waals surface area contributed by atoms with E-state index in [2.05, 4.69) is 252 Å². The third-order valence-electron chi connectivity index (χ3n) is 13.4. The molecule has 0 fully saturated rings. The Morgan fingerprint density at radius 1 is 0.313 bits per heavy atom. The Kier molecular flexibility index (Phi) is 9.17. The number of hydrogen-bond donors (Lipinski definition) is 0. The first-order valence-corrected chi connectivity index (χ1v) is 22.9. The lowest BCUT2D eigenvalue weighted by Gasteiger charge is -2.29. The topological polar surface area (TPSA) is 21.3 Å². The van der Waals surface area contributed by atoms with E-state index < -0.39 is 0 Å². The van der Waals surface area contributed by atoms with E-state index in [-0.39, 0.29) is 0 Å². The molecular formula is C64H42N2O. The van der Waals surface area contributed by atoms with Crippen molar-refractivity contribution in [2.24, 2.45) is 0 Å². The molecule has 0 spiro atoms. The number of furan rings is 1. The van der Waals surface area contributed by atoms with Crippen LogP contribution < -0.4 is 4.90 Å². The molecular weight excluding hydrogens is 813 g/mol. The van der Waals surface area contributed by atoms with Crippen LogP contribution in [0.2, 0.25) is 0 Å². The summed E-state index contributed by atoms with van der Waals surface area (Å²) >= 11 is 0. The zero-order valence-corrected chi connectivity index (χ0v) is 36.6. The van der Waals surface area contributed by atoms with Crippen LogP contribution in [-0.2, 0) is 0 Å². The largest absolute Gasteiger partial charge is 0.456 e. The van der Waals surface area contributed by atoms with Gasteiger partial charge >= 0.3 is 0 Å². The van der Waals surface area contributed by atoms with Crippen molar-refractivity contribution in [1.82, 2.24) is 4.57 Å². The molecule has 314 valence electrons. The number of para-hydroxylation sites is 4. The highest BCUT2D eigenvalue weighted by Gasteiger charge is 2.21. The Bertz CT molecular complexity index is 3950. The molecule has 0 saturated carbocycles.